The SMILES string of the molecule is CCC(c1cc(C)ncn1)C(C)N. The maximum absolute atomic E-state index is 5.87. The monoisotopic (exact) mass is 179 g/mol. The van der Waals surface area contributed by atoms with Gasteiger partial charge in [0.15, 0.2) is 0 Å². The molecule has 1 aromatic rings. The highest BCUT2D eigenvalue weighted by Crippen LogP contribution is 2.19. The topological polar surface area (TPSA) is 51.8 Å². The maximum Gasteiger partial charge on any atom is 0.115 e. The maximum atomic E-state index is 5.87. The van der Waals surface area contributed by atoms with E-state index in [2.05, 4.69) is 16.9 Å². The Kier molecular flexibility index (Phi) is 3.37. The van der Waals surface area contributed by atoms with Crippen molar-refractivity contribution in [1.82, 2.24) is 9.97 Å². The highest BCUT2D eigenvalue weighted by molar-refractivity contribution is 5.13. The van der Waals surface area contributed by atoms with Crippen LogP contribution in [0.15, 0.2) is 12.4 Å². The molecule has 72 valence electrons. The fraction of sp³-hybridized carbons (Fsp3) is 0.600. The molecule has 0 spiro atoms. The lowest BCUT2D eigenvalue weighted by atomic mass is 9.95. The number of aromatic nitrogens is 2. The standard InChI is InChI=1S/C10H17N3/c1-4-9(8(3)11)10-5-7(2)12-6-13-10/h5-6,8-9H,4,11H2,1-3H3. The molecule has 0 radical (unpaired) electrons. The molecule has 1 aromatic heterocycles. The Morgan fingerprint density at radius 1 is 1.46 bits per heavy atom. The normalized spacial score (nSPS) is 15.4. The van der Waals surface area contributed by atoms with E-state index >= 15 is 0 Å². The lowest BCUT2D eigenvalue weighted by Crippen LogP contribution is -2.25. The summed E-state index contributed by atoms with van der Waals surface area (Å²) in [7, 11) is 0. The number of nitrogens with zero attached hydrogens (tertiary/aromatic N) is 2. The number of rotatable bonds is 3. The molecule has 0 aliphatic heterocycles. The molecule has 0 fully saturated rings. The van der Waals surface area contributed by atoms with Gasteiger partial charge in [-0.3, -0.25) is 0 Å². The van der Waals surface area contributed by atoms with Crippen LogP contribution in [0.2, 0.25) is 0 Å². The Morgan fingerprint density at radius 2 is 2.15 bits per heavy atom. The lowest BCUT2D eigenvalue weighted by Gasteiger charge is -2.18. The first-order valence-electron chi connectivity index (χ1n) is 4.69. The first kappa shape index (κ1) is 10.1. The van der Waals surface area contributed by atoms with Gasteiger partial charge in [-0.05, 0) is 26.3 Å². The zero-order valence-corrected chi connectivity index (χ0v) is 8.49. The third kappa shape index (κ3) is 2.49. The van der Waals surface area contributed by atoms with Gasteiger partial charge in [0.05, 0.1) is 0 Å². The van der Waals surface area contributed by atoms with E-state index in [1.165, 1.54) is 0 Å². The molecule has 2 atom stereocenters. The predicted octanol–water partition coefficient (Wildman–Crippen LogP) is 1.63. The molecule has 0 saturated heterocycles. The van der Waals surface area contributed by atoms with E-state index in [9.17, 15) is 0 Å². The minimum Gasteiger partial charge on any atom is -0.327 e. The Labute approximate surface area is 79.4 Å². The second-order valence-electron chi connectivity index (χ2n) is 3.46. The van der Waals surface area contributed by atoms with Crippen LogP contribution in [0.25, 0.3) is 0 Å². The highest BCUT2D eigenvalue weighted by atomic mass is 14.8. The fourth-order valence-electron chi connectivity index (χ4n) is 1.53. The van der Waals surface area contributed by atoms with Crippen LogP contribution in [0.1, 0.15) is 37.6 Å². The first-order valence-corrected chi connectivity index (χ1v) is 4.69. The van der Waals surface area contributed by atoms with E-state index in [1.807, 2.05) is 19.9 Å². The summed E-state index contributed by atoms with van der Waals surface area (Å²) in [6, 6.07) is 2.16. The molecule has 0 aromatic carbocycles. The Morgan fingerprint density at radius 3 is 2.62 bits per heavy atom. The van der Waals surface area contributed by atoms with Crippen molar-refractivity contribution in [2.45, 2.75) is 39.2 Å². The van der Waals surface area contributed by atoms with E-state index in [1.54, 1.807) is 6.33 Å². The largest absolute Gasteiger partial charge is 0.327 e. The molecule has 0 aliphatic rings. The van der Waals surface area contributed by atoms with Gasteiger partial charge in [0.1, 0.15) is 6.33 Å². The molecule has 3 nitrogen and oxygen atoms in total. The molecule has 1 rings (SSSR count). The van der Waals surface area contributed by atoms with Crippen LogP contribution in [-0.4, -0.2) is 16.0 Å². The molecular weight excluding hydrogens is 162 g/mol. The number of hydrogen-bond acceptors (Lipinski definition) is 3. The van der Waals surface area contributed by atoms with E-state index in [-0.39, 0.29) is 6.04 Å². The molecule has 0 bridgehead atoms. The van der Waals surface area contributed by atoms with Gasteiger partial charge in [-0.25, -0.2) is 9.97 Å². The van der Waals surface area contributed by atoms with Crippen molar-refractivity contribution in [2.75, 3.05) is 0 Å². The van der Waals surface area contributed by atoms with Gasteiger partial charge in [0.25, 0.3) is 0 Å². The quantitative estimate of drug-likeness (QED) is 0.767. The minimum absolute atomic E-state index is 0.152. The summed E-state index contributed by atoms with van der Waals surface area (Å²) in [5, 5.41) is 0. The van der Waals surface area contributed by atoms with Crippen LogP contribution in [0.3, 0.4) is 0 Å². The number of hydrogen-bond donors (Lipinski definition) is 1. The highest BCUT2D eigenvalue weighted by Gasteiger charge is 2.15. The molecule has 2 N–H and O–H groups in total. The second kappa shape index (κ2) is 4.33. The van der Waals surface area contributed by atoms with Gasteiger partial charge in [-0.15, -0.1) is 0 Å². The third-order valence-electron chi connectivity index (χ3n) is 2.28. The second-order valence-corrected chi connectivity index (χ2v) is 3.46. The van der Waals surface area contributed by atoms with Crippen LogP contribution in [0.4, 0.5) is 0 Å². The third-order valence-corrected chi connectivity index (χ3v) is 2.28. The average Bonchev–Trinajstić information content (AvgIpc) is 2.04. The summed E-state index contributed by atoms with van der Waals surface area (Å²) in [6.45, 7) is 6.12. The summed E-state index contributed by atoms with van der Waals surface area (Å²) in [6.07, 6.45) is 2.63. The van der Waals surface area contributed by atoms with E-state index in [4.69, 9.17) is 5.73 Å². The summed E-state index contributed by atoms with van der Waals surface area (Å²) >= 11 is 0. The summed E-state index contributed by atoms with van der Waals surface area (Å²) in [5.41, 5.74) is 7.93. The van der Waals surface area contributed by atoms with Gasteiger partial charge >= 0.3 is 0 Å². The van der Waals surface area contributed by atoms with Crippen LogP contribution < -0.4 is 5.73 Å². The predicted molar refractivity (Wildman–Crippen MR) is 53.5 cm³/mol. The van der Waals surface area contributed by atoms with Crippen molar-refractivity contribution < 1.29 is 0 Å². The van der Waals surface area contributed by atoms with Crippen LogP contribution in [-0.2, 0) is 0 Å². The average molecular weight is 179 g/mol. The van der Waals surface area contributed by atoms with Gasteiger partial charge in [-0.2, -0.15) is 0 Å². The fourth-order valence-corrected chi connectivity index (χ4v) is 1.53. The number of aryl methyl sites for hydroxylation is 1. The van der Waals surface area contributed by atoms with Crippen molar-refractivity contribution in [2.24, 2.45) is 5.73 Å². The summed E-state index contributed by atoms with van der Waals surface area (Å²) in [4.78, 5) is 8.30. The first-order chi connectivity index (χ1) is 6.15. The van der Waals surface area contributed by atoms with Gasteiger partial charge < -0.3 is 5.73 Å². The van der Waals surface area contributed by atoms with Crippen LogP contribution >= 0.6 is 0 Å². The smallest absolute Gasteiger partial charge is 0.115 e. The Bertz CT molecular complexity index is 271. The zero-order valence-electron chi connectivity index (χ0n) is 8.49. The molecule has 0 aliphatic carbocycles. The molecule has 13 heavy (non-hydrogen) atoms. The summed E-state index contributed by atoms with van der Waals surface area (Å²) in [5.74, 6) is 0.349. The Hall–Kier alpha value is -0.960. The van der Waals surface area contributed by atoms with Gasteiger partial charge in [0, 0.05) is 23.3 Å². The van der Waals surface area contributed by atoms with Crippen LogP contribution in [0.5, 0.6) is 0 Å². The van der Waals surface area contributed by atoms with Crippen molar-refractivity contribution in [3.05, 3.63) is 23.8 Å². The lowest BCUT2D eigenvalue weighted by molar-refractivity contribution is 0.538. The molecule has 2 unspecified atom stereocenters. The zero-order chi connectivity index (χ0) is 9.84. The molecule has 3 heteroatoms. The molecule has 0 amide bonds. The van der Waals surface area contributed by atoms with Crippen LogP contribution in [0, 0.1) is 6.92 Å². The van der Waals surface area contributed by atoms with Gasteiger partial charge in [0.2, 0.25) is 0 Å². The van der Waals surface area contributed by atoms with Crippen molar-refractivity contribution in [1.29, 1.82) is 0 Å². The molecule has 1 heterocycles. The van der Waals surface area contributed by atoms with Crippen molar-refractivity contribution in [3.8, 4) is 0 Å². The molecule has 0 saturated carbocycles. The van der Waals surface area contributed by atoms with E-state index in [0.717, 1.165) is 17.8 Å². The minimum atomic E-state index is 0.152. The van der Waals surface area contributed by atoms with Gasteiger partial charge in [-0.1, -0.05) is 6.92 Å². The van der Waals surface area contributed by atoms with Crippen molar-refractivity contribution >= 4 is 0 Å². The van der Waals surface area contributed by atoms with Crippen molar-refractivity contribution in [3.63, 3.8) is 0 Å². The van der Waals surface area contributed by atoms with E-state index in [0.29, 0.717) is 5.92 Å². The summed E-state index contributed by atoms with van der Waals surface area (Å²) < 4.78 is 0. The Balaban J connectivity index is 2.91. The molecular formula is C10H17N3. The van der Waals surface area contributed by atoms with E-state index < -0.39 is 0 Å². The number of nitrogens with two attached hydrogens (primary N) is 1.